The first-order chi connectivity index (χ1) is 11.1. The van der Waals surface area contributed by atoms with Gasteiger partial charge in [-0.3, -0.25) is 4.79 Å². The lowest BCUT2D eigenvalue weighted by atomic mass is 10.0. The number of carbonyl (C=O) groups excluding carboxylic acids is 1. The van der Waals surface area contributed by atoms with Gasteiger partial charge in [-0.2, -0.15) is 18.2 Å². The van der Waals surface area contributed by atoms with Gasteiger partial charge in [0.1, 0.15) is 6.04 Å². The number of alkyl halides is 3. The van der Waals surface area contributed by atoms with Gasteiger partial charge in [-0.1, -0.05) is 12.6 Å². The molecule has 1 heterocycles. The number of halogens is 3. The number of hydrogen-bond donors (Lipinski definition) is 3. The van der Waals surface area contributed by atoms with Gasteiger partial charge in [0.15, 0.2) is 5.96 Å². The van der Waals surface area contributed by atoms with E-state index < -0.39 is 29.6 Å². The van der Waals surface area contributed by atoms with Crippen molar-refractivity contribution in [2.45, 2.75) is 25.1 Å². The number of carbonyl (C=O) groups is 1. The van der Waals surface area contributed by atoms with E-state index in [4.69, 9.17) is 17.2 Å². The number of hydrogen-bond acceptors (Lipinski definition) is 3. The molecule has 1 aliphatic rings. The smallest absolute Gasteiger partial charge is 0.399 e. The van der Waals surface area contributed by atoms with Gasteiger partial charge >= 0.3 is 6.18 Å². The Morgan fingerprint density at radius 2 is 1.96 bits per heavy atom. The molecule has 1 aliphatic heterocycles. The fourth-order valence-electron chi connectivity index (χ4n) is 2.73. The molecule has 1 atom stereocenters. The Hall–Kier alpha value is -2.71. The van der Waals surface area contributed by atoms with Crippen LogP contribution < -0.4 is 22.1 Å². The summed E-state index contributed by atoms with van der Waals surface area (Å²) in [5.41, 5.74) is 15.1. The molecule has 0 aromatic heterocycles. The van der Waals surface area contributed by atoms with Crippen molar-refractivity contribution in [3.8, 4) is 0 Å². The van der Waals surface area contributed by atoms with Crippen molar-refractivity contribution in [3.05, 3.63) is 35.9 Å². The zero-order valence-corrected chi connectivity index (χ0v) is 12.8. The summed E-state index contributed by atoms with van der Waals surface area (Å²) in [5.74, 6) is -1.08. The Balaban J connectivity index is 2.48. The minimum absolute atomic E-state index is 0.0293. The van der Waals surface area contributed by atoms with Crippen LogP contribution in [0.15, 0.2) is 29.8 Å². The fraction of sp³-hybridized carbons (Fsp3) is 0.333. The standard InChI is InChI=1S/C15H18F3N5O/c1-8(19)9-4-5-11(10(7-9)15(16,17)18)23-6-2-3-12(23)13(24)22-14(20)21/h4-5,7,12H,1-3,6,19H2,(H4,20,21,22,24). The van der Waals surface area contributed by atoms with Crippen molar-refractivity contribution in [2.24, 2.45) is 22.2 Å². The van der Waals surface area contributed by atoms with E-state index >= 15 is 0 Å². The van der Waals surface area contributed by atoms with Gasteiger partial charge in [-0.25, -0.2) is 0 Å². The van der Waals surface area contributed by atoms with E-state index in [-0.39, 0.29) is 16.9 Å². The second kappa shape index (κ2) is 6.42. The third kappa shape index (κ3) is 3.61. The molecule has 1 aromatic rings. The lowest BCUT2D eigenvalue weighted by Crippen LogP contribution is -2.38. The van der Waals surface area contributed by atoms with Crippen LogP contribution in [0.4, 0.5) is 18.9 Å². The molecule has 6 nitrogen and oxygen atoms in total. The first-order valence-electron chi connectivity index (χ1n) is 7.17. The third-order valence-corrected chi connectivity index (χ3v) is 3.76. The number of guanidine groups is 1. The highest BCUT2D eigenvalue weighted by atomic mass is 19.4. The summed E-state index contributed by atoms with van der Waals surface area (Å²) in [4.78, 5) is 16.9. The van der Waals surface area contributed by atoms with Gasteiger partial charge in [-0.05, 0) is 30.5 Å². The average Bonchev–Trinajstić information content (AvgIpc) is 2.94. The van der Waals surface area contributed by atoms with Crippen molar-refractivity contribution in [2.75, 3.05) is 11.4 Å². The molecular formula is C15H18F3N5O. The van der Waals surface area contributed by atoms with Crippen LogP contribution >= 0.6 is 0 Å². The number of anilines is 1. The van der Waals surface area contributed by atoms with Crippen LogP contribution in [-0.4, -0.2) is 24.5 Å². The second-order valence-electron chi connectivity index (χ2n) is 5.48. The van der Waals surface area contributed by atoms with Crippen molar-refractivity contribution in [3.63, 3.8) is 0 Å². The molecule has 0 saturated carbocycles. The van der Waals surface area contributed by atoms with Crippen LogP contribution in [0.3, 0.4) is 0 Å². The van der Waals surface area contributed by atoms with Gasteiger partial charge in [-0.15, -0.1) is 0 Å². The molecule has 1 saturated heterocycles. The van der Waals surface area contributed by atoms with Gasteiger partial charge in [0, 0.05) is 17.9 Å². The normalized spacial score (nSPS) is 17.6. The third-order valence-electron chi connectivity index (χ3n) is 3.76. The van der Waals surface area contributed by atoms with E-state index in [9.17, 15) is 18.0 Å². The summed E-state index contributed by atoms with van der Waals surface area (Å²) in [5, 5.41) is 0. The summed E-state index contributed by atoms with van der Waals surface area (Å²) >= 11 is 0. The molecule has 2 rings (SSSR count). The van der Waals surface area contributed by atoms with Crippen molar-refractivity contribution in [1.29, 1.82) is 0 Å². The lowest BCUT2D eigenvalue weighted by molar-refractivity contribution is -0.137. The maximum absolute atomic E-state index is 13.4. The summed E-state index contributed by atoms with van der Waals surface area (Å²) in [7, 11) is 0. The molecule has 0 spiro atoms. The molecule has 1 amide bonds. The van der Waals surface area contributed by atoms with E-state index in [1.54, 1.807) is 0 Å². The van der Waals surface area contributed by atoms with E-state index in [1.165, 1.54) is 17.0 Å². The molecule has 24 heavy (non-hydrogen) atoms. The molecule has 1 fully saturated rings. The summed E-state index contributed by atoms with van der Waals surface area (Å²) < 4.78 is 40.3. The van der Waals surface area contributed by atoms with Crippen LogP contribution in [0.5, 0.6) is 0 Å². The zero-order chi connectivity index (χ0) is 18.1. The number of nitrogens with zero attached hydrogens (tertiary/aromatic N) is 2. The Labute approximate surface area is 136 Å². The summed E-state index contributed by atoms with van der Waals surface area (Å²) in [6.45, 7) is 3.74. The molecule has 0 aliphatic carbocycles. The van der Waals surface area contributed by atoms with Crippen LogP contribution in [0, 0.1) is 0 Å². The van der Waals surface area contributed by atoms with E-state index in [0.717, 1.165) is 6.07 Å². The second-order valence-corrected chi connectivity index (χ2v) is 5.48. The van der Waals surface area contributed by atoms with E-state index in [0.29, 0.717) is 19.4 Å². The SMILES string of the molecule is C=C(N)c1ccc(N2CCCC2C(=O)N=C(N)N)c(C(F)(F)F)c1. The van der Waals surface area contributed by atoms with Gasteiger partial charge < -0.3 is 22.1 Å². The van der Waals surface area contributed by atoms with Crippen LogP contribution in [0.1, 0.15) is 24.0 Å². The molecule has 0 bridgehead atoms. The van der Waals surface area contributed by atoms with Gasteiger partial charge in [0.25, 0.3) is 5.91 Å². The predicted octanol–water partition coefficient (Wildman–Crippen LogP) is 1.40. The Morgan fingerprint density at radius 3 is 2.50 bits per heavy atom. The Bertz CT molecular complexity index is 695. The average molecular weight is 341 g/mol. The van der Waals surface area contributed by atoms with Crippen molar-refractivity contribution in [1.82, 2.24) is 0 Å². The molecule has 1 aromatic carbocycles. The monoisotopic (exact) mass is 341 g/mol. The number of aliphatic imine (C=N–C) groups is 1. The summed E-state index contributed by atoms with van der Waals surface area (Å²) in [6, 6.07) is 2.82. The Kier molecular flexibility index (Phi) is 4.72. The van der Waals surface area contributed by atoms with Crippen LogP contribution in [0.25, 0.3) is 5.70 Å². The zero-order valence-electron chi connectivity index (χ0n) is 12.8. The van der Waals surface area contributed by atoms with Gasteiger partial charge in [0.05, 0.1) is 5.56 Å². The van der Waals surface area contributed by atoms with Gasteiger partial charge in [0.2, 0.25) is 0 Å². The van der Waals surface area contributed by atoms with Crippen molar-refractivity contribution < 1.29 is 18.0 Å². The number of amides is 1. The number of rotatable bonds is 3. The lowest BCUT2D eigenvalue weighted by Gasteiger charge is -2.28. The maximum Gasteiger partial charge on any atom is 0.418 e. The first kappa shape index (κ1) is 17.6. The highest BCUT2D eigenvalue weighted by Crippen LogP contribution is 2.40. The molecule has 6 N–H and O–H groups in total. The van der Waals surface area contributed by atoms with Crippen LogP contribution in [0.2, 0.25) is 0 Å². The molecule has 130 valence electrons. The first-order valence-corrected chi connectivity index (χ1v) is 7.17. The van der Waals surface area contributed by atoms with E-state index in [1.807, 2.05) is 0 Å². The highest BCUT2D eigenvalue weighted by Gasteiger charge is 2.39. The molecular weight excluding hydrogens is 323 g/mol. The van der Waals surface area contributed by atoms with Crippen molar-refractivity contribution >= 4 is 23.3 Å². The highest BCUT2D eigenvalue weighted by molar-refractivity contribution is 5.96. The van der Waals surface area contributed by atoms with E-state index in [2.05, 4.69) is 11.6 Å². The maximum atomic E-state index is 13.4. The largest absolute Gasteiger partial charge is 0.418 e. The predicted molar refractivity (Wildman–Crippen MR) is 85.9 cm³/mol. The molecule has 1 unspecified atom stereocenters. The Morgan fingerprint density at radius 1 is 1.29 bits per heavy atom. The number of nitrogens with two attached hydrogens (primary N) is 3. The minimum Gasteiger partial charge on any atom is -0.399 e. The topological polar surface area (TPSA) is 111 Å². The quantitative estimate of drug-likeness (QED) is 0.568. The number of benzene rings is 1. The fourth-order valence-corrected chi connectivity index (χ4v) is 2.73. The summed E-state index contributed by atoms with van der Waals surface area (Å²) in [6.07, 6.45) is -3.68. The molecule has 9 heteroatoms. The minimum atomic E-state index is -4.60. The molecule has 0 radical (unpaired) electrons. The van der Waals surface area contributed by atoms with Crippen LogP contribution in [-0.2, 0) is 11.0 Å².